The second kappa shape index (κ2) is 22.7. The molecule has 0 unspecified atom stereocenters. The number of nitrogens with one attached hydrogen (secondary N) is 2. The van der Waals surface area contributed by atoms with Crippen LogP contribution >= 0.6 is 0 Å². The van der Waals surface area contributed by atoms with Gasteiger partial charge in [-0.05, 0) is 55.7 Å². The molecule has 3 heterocycles. The van der Waals surface area contributed by atoms with Crippen molar-refractivity contribution in [1.29, 1.82) is 0 Å². The van der Waals surface area contributed by atoms with Crippen molar-refractivity contribution in [2.75, 3.05) is 40.3 Å². The van der Waals surface area contributed by atoms with Crippen LogP contribution < -0.4 is 30.5 Å². The first-order chi connectivity index (χ1) is 28.7. The van der Waals surface area contributed by atoms with Crippen molar-refractivity contribution in [1.82, 2.24) is 14.8 Å². The van der Waals surface area contributed by atoms with Crippen molar-refractivity contribution < 1.29 is 75.5 Å². The molecule has 0 aliphatic carbocycles. The van der Waals surface area contributed by atoms with Crippen LogP contribution in [0.4, 0.5) is 26.3 Å². The fourth-order valence-corrected chi connectivity index (χ4v) is 6.54. The number of Topliss-reactive ketones (excluding diaryl/α,β-unsaturated/α-hetero) is 1. The second-order valence-electron chi connectivity index (χ2n) is 14.4. The lowest BCUT2D eigenvalue weighted by Crippen LogP contribution is -3.12. The molecule has 1 atom stereocenters. The van der Waals surface area contributed by atoms with E-state index in [0.717, 1.165) is 91.1 Å². The van der Waals surface area contributed by atoms with Crippen molar-refractivity contribution in [3.05, 3.63) is 71.6 Å². The number of methoxy groups -OCH3 is 1. The van der Waals surface area contributed by atoms with E-state index in [4.69, 9.17) is 29.5 Å². The summed E-state index contributed by atoms with van der Waals surface area (Å²) in [5.41, 5.74) is 4.82. The van der Waals surface area contributed by atoms with Crippen molar-refractivity contribution >= 4 is 52.0 Å². The molecule has 2 aliphatic heterocycles. The molecule has 334 valence electrons. The minimum absolute atomic E-state index is 0.0984. The number of aliphatic imine (C=N–C) groups is 1. The van der Waals surface area contributed by atoms with E-state index >= 15 is 0 Å². The molecule has 1 saturated heterocycles. The van der Waals surface area contributed by atoms with Crippen LogP contribution in [0.1, 0.15) is 62.3 Å². The summed E-state index contributed by atoms with van der Waals surface area (Å²) in [4.78, 5) is 64.7. The van der Waals surface area contributed by atoms with Crippen LogP contribution in [-0.2, 0) is 36.9 Å². The number of carbonyl (C=O) groups is 5. The monoisotopic (exact) mass is 868 g/mol. The van der Waals surface area contributed by atoms with Crippen molar-refractivity contribution in [3.8, 4) is 5.75 Å². The fourth-order valence-electron chi connectivity index (χ4n) is 6.54. The van der Waals surface area contributed by atoms with Gasteiger partial charge in [0.05, 0.1) is 53.0 Å². The number of ether oxygens (including phenoxy) is 1. The smallest absolute Gasteiger partial charge is 0.430 e. The Morgan fingerprint density at radius 3 is 2.10 bits per heavy atom. The van der Waals surface area contributed by atoms with E-state index in [1.807, 2.05) is 65.9 Å². The number of alkyl halides is 6. The first-order valence-corrected chi connectivity index (χ1v) is 19.5. The maximum atomic E-state index is 13.8. The lowest BCUT2D eigenvalue weighted by atomic mass is 10.0. The summed E-state index contributed by atoms with van der Waals surface area (Å²) < 4.78 is 70.7. The average molecular weight is 869 g/mol. The predicted octanol–water partition coefficient (Wildman–Crippen LogP) is 0.843. The average Bonchev–Trinajstić information content (AvgIpc) is 3.80. The third-order valence-corrected chi connectivity index (χ3v) is 10.0. The quantitative estimate of drug-likeness (QED) is 0.148. The van der Waals surface area contributed by atoms with Gasteiger partial charge in [0.2, 0.25) is 17.6 Å². The number of carboxylic acid groups (broad SMARTS) is 2. The standard InChI is InChI=1S/C37H48N6O4.2C2HF3O2/c1-5-28(44)14-10-7-11-15-32(37-38-24-33(40-37)27-12-8-6-9-13-27)39-35(45)23-30-26(2)43(34-17-16-29(47-4)22-31(30)34)25-36(46)42-20-18-41(3)19-21-42;2*3-2(4,5)1(6)7/h6,8-9,12-13,16-17,22,24,32H,5,7,10-11,14-15,18-21,23,25H2,1-4H3,(H,38,40)(H,39,45);2*(H,6,7)/t32-;;/m0../s1. The predicted molar refractivity (Wildman–Crippen MR) is 206 cm³/mol. The number of quaternary nitrogens is 2. The first-order valence-electron chi connectivity index (χ1n) is 19.5. The topological polar surface area (TPSA) is 194 Å². The number of nitrogens with two attached hydrogens (primary N) is 1. The summed E-state index contributed by atoms with van der Waals surface area (Å²) in [7, 11) is 3.79. The van der Waals surface area contributed by atoms with Crippen LogP contribution in [-0.4, -0.2) is 104 Å². The Hall–Kier alpha value is -5.76. The van der Waals surface area contributed by atoms with Crippen LogP contribution in [0.2, 0.25) is 0 Å². The van der Waals surface area contributed by atoms with Gasteiger partial charge in [-0.15, -0.1) is 0 Å². The zero-order valence-corrected chi connectivity index (χ0v) is 34.2. The third-order valence-electron chi connectivity index (χ3n) is 10.0. The molecule has 14 nitrogen and oxygen atoms in total. The SMILES string of the molecule is CCC(=O)CCCCC[C@H](NC(=O)Cc1c(C)n(CC(=O)N2CC[NH+](C)CC2)c2ccc(OC)cc12)C1=NC=C(c2ccccc2)[NH2+]1.O=C([O-])C(F)(F)F.O=C([O-])C(F)(F)F. The van der Waals surface area contributed by atoms with E-state index in [1.54, 1.807) is 7.11 Å². The number of hydrogen-bond acceptors (Lipinski definition) is 9. The highest BCUT2D eigenvalue weighted by Gasteiger charge is 2.31. The highest BCUT2D eigenvalue weighted by atomic mass is 19.4. The van der Waals surface area contributed by atoms with Gasteiger partial charge in [0.1, 0.15) is 36.1 Å². The van der Waals surface area contributed by atoms with Gasteiger partial charge >= 0.3 is 12.4 Å². The number of aliphatic carboxylic acids is 2. The highest BCUT2D eigenvalue weighted by Crippen LogP contribution is 2.30. The van der Waals surface area contributed by atoms with Crippen LogP contribution in [0.15, 0.2) is 59.7 Å². The number of ketones is 1. The number of hydrogen-bond donors (Lipinski definition) is 3. The third kappa shape index (κ3) is 15.3. The number of piperazine rings is 1. The van der Waals surface area contributed by atoms with Gasteiger partial charge in [0.15, 0.2) is 5.70 Å². The zero-order valence-electron chi connectivity index (χ0n) is 34.2. The molecule has 4 N–H and O–H groups in total. The van der Waals surface area contributed by atoms with Gasteiger partial charge in [-0.1, -0.05) is 38.0 Å². The van der Waals surface area contributed by atoms with Crippen molar-refractivity contribution in [2.24, 2.45) is 4.99 Å². The maximum Gasteiger partial charge on any atom is 0.430 e. The number of fused-ring (bicyclic) bond motifs is 1. The Labute approximate surface area is 348 Å². The Kier molecular flexibility index (Phi) is 18.5. The second-order valence-corrected chi connectivity index (χ2v) is 14.4. The normalized spacial score (nSPS) is 14.8. The summed E-state index contributed by atoms with van der Waals surface area (Å²) in [6, 6.07) is 15.7. The Morgan fingerprint density at radius 2 is 1.54 bits per heavy atom. The van der Waals surface area contributed by atoms with E-state index in [2.05, 4.69) is 29.8 Å². The van der Waals surface area contributed by atoms with Gasteiger partial charge in [0.25, 0.3) is 0 Å². The van der Waals surface area contributed by atoms with E-state index in [9.17, 15) is 40.7 Å². The molecule has 20 heteroatoms. The maximum absolute atomic E-state index is 13.8. The van der Waals surface area contributed by atoms with E-state index in [0.29, 0.717) is 18.6 Å². The minimum atomic E-state index is -5.19. The van der Waals surface area contributed by atoms with E-state index < -0.39 is 24.3 Å². The molecular weight excluding hydrogens is 818 g/mol. The van der Waals surface area contributed by atoms with Gasteiger partial charge in [-0.3, -0.25) is 19.7 Å². The fraction of sp³-hybridized carbons (Fsp3) is 0.463. The molecule has 1 fully saturated rings. The Balaban J connectivity index is 0.000000609. The summed E-state index contributed by atoms with van der Waals surface area (Å²) in [6.07, 6.45) is -3.80. The van der Waals surface area contributed by atoms with Gasteiger partial charge < -0.3 is 44.2 Å². The molecule has 2 aliphatic rings. The lowest BCUT2D eigenvalue weighted by Gasteiger charge is -2.30. The first kappa shape index (κ1) is 49.6. The molecule has 61 heavy (non-hydrogen) atoms. The number of likely N-dealkylation sites (N-methyl/N-ethyl adjacent to an activating group) is 1. The largest absolute Gasteiger partial charge is 0.542 e. The van der Waals surface area contributed by atoms with Crippen LogP contribution in [0, 0.1) is 6.92 Å². The molecule has 5 rings (SSSR count). The number of halogens is 6. The molecule has 0 radical (unpaired) electrons. The molecular formula is C41H50F6N6O8. The molecule has 0 bridgehead atoms. The molecule has 1 aromatic heterocycles. The van der Waals surface area contributed by atoms with Crippen LogP contribution in [0.5, 0.6) is 5.75 Å². The molecule has 0 spiro atoms. The summed E-state index contributed by atoms with van der Waals surface area (Å²) in [6.45, 7) is 7.54. The van der Waals surface area contributed by atoms with Gasteiger partial charge in [-0.2, -0.15) is 26.3 Å². The number of rotatable bonds is 15. The van der Waals surface area contributed by atoms with Crippen LogP contribution in [0.3, 0.4) is 0 Å². The number of amidine groups is 1. The Bertz CT molecular complexity index is 2030. The summed E-state index contributed by atoms with van der Waals surface area (Å²) in [5.74, 6) is -4.18. The number of carbonyl (C=O) groups excluding carboxylic acids is 5. The van der Waals surface area contributed by atoms with E-state index in [-0.39, 0.29) is 36.6 Å². The molecule has 2 amide bonds. The molecule has 2 aromatic carbocycles. The van der Waals surface area contributed by atoms with Gasteiger partial charge in [0, 0.05) is 35.0 Å². The minimum Gasteiger partial charge on any atom is -0.542 e. The molecule has 3 aromatic rings. The van der Waals surface area contributed by atoms with Crippen LogP contribution in [0.25, 0.3) is 16.6 Å². The Morgan fingerprint density at radius 1 is 0.934 bits per heavy atom. The summed E-state index contributed by atoms with van der Waals surface area (Å²) in [5, 5.41) is 23.8. The van der Waals surface area contributed by atoms with Gasteiger partial charge in [-0.25, -0.2) is 4.99 Å². The zero-order chi connectivity index (χ0) is 45.5. The number of carboxylic acids is 2. The highest BCUT2D eigenvalue weighted by molar-refractivity contribution is 5.95. The van der Waals surface area contributed by atoms with Crippen molar-refractivity contribution in [2.45, 2.75) is 83.7 Å². The number of aromatic nitrogens is 1. The van der Waals surface area contributed by atoms with Crippen molar-refractivity contribution in [3.63, 3.8) is 0 Å². The number of unbranched alkanes of at least 4 members (excludes halogenated alkanes) is 2. The number of nitrogens with zero attached hydrogens (tertiary/aromatic N) is 3. The number of benzene rings is 2. The lowest BCUT2D eigenvalue weighted by molar-refractivity contribution is -0.883. The molecule has 0 saturated carbocycles. The number of amides is 2. The van der Waals surface area contributed by atoms with E-state index in [1.165, 1.54) is 4.90 Å². The summed E-state index contributed by atoms with van der Waals surface area (Å²) >= 11 is 0.